The molecule has 2 heterocycles. The molecule has 0 bridgehead atoms. The first-order chi connectivity index (χ1) is 17.8. The zero-order valence-corrected chi connectivity index (χ0v) is 19.1. The monoisotopic (exact) mass is 521 g/mol. The molecular formula is C21H11N7O10. The molecule has 0 amide bonds. The van der Waals surface area contributed by atoms with Crippen LogP contribution in [0.4, 0.5) is 22.7 Å². The van der Waals surface area contributed by atoms with E-state index in [0.717, 1.165) is 41.4 Å². The molecule has 17 nitrogen and oxygen atoms in total. The molecule has 0 N–H and O–H groups in total. The van der Waals surface area contributed by atoms with Crippen LogP contribution in [0.3, 0.4) is 0 Å². The van der Waals surface area contributed by atoms with Crippen LogP contribution in [0.25, 0.3) is 32.9 Å². The molecule has 0 aliphatic carbocycles. The number of rotatable bonds is 5. The standard InChI is InChI=1S/C21H11N7O10/c1-23-17(29)7-11(12-3-9(25(31)32)5-15(19(12)23)27(35)36)18-14(8-22)13-4-10(26(33)34)6-16(28(37)38)20(13)24(2)21(18)30/h3-7H,1-2H3. The number of nitriles is 1. The van der Waals surface area contributed by atoms with Gasteiger partial charge in [0.1, 0.15) is 17.1 Å². The number of hydrogen-bond donors (Lipinski definition) is 0. The van der Waals surface area contributed by atoms with Gasteiger partial charge in [-0.2, -0.15) is 5.26 Å². The molecule has 17 heteroatoms. The lowest BCUT2D eigenvalue weighted by molar-refractivity contribution is -0.393. The zero-order chi connectivity index (χ0) is 28.2. The Morgan fingerprint density at radius 1 is 0.711 bits per heavy atom. The van der Waals surface area contributed by atoms with E-state index in [4.69, 9.17) is 0 Å². The molecule has 2 aromatic heterocycles. The molecule has 0 atom stereocenters. The van der Waals surface area contributed by atoms with Crippen molar-refractivity contribution in [2.75, 3.05) is 0 Å². The maximum absolute atomic E-state index is 13.5. The van der Waals surface area contributed by atoms with Gasteiger partial charge in [0.2, 0.25) is 0 Å². The van der Waals surface area contributed by atoms with Crippen molar-refractivity contribution >= 4 is 44.6 Å². The number of aromatic nitrogens is 2. The predicted octanol–water partition coefficient (Wildman–Crippen LogP) is 2.56. The molecule has 0 unspecified atom stereocenters. The normalized spacial score (nSPS) is 10.9. The summed E-state index contributed by atoms with van der Waals surface area (Å²) >= 11 is 0. The number of nitro groups is 4. The molecule has 0 spiro atoms. The van der Waals surface area contributed by atoms with E-state index in [1.165, 1.54) is 0 Å². The van der Waals surface area contributed by atoms with E-state index >= 15 is 0 Å². The van der Waals surface area contributed by atoms with Crippen molar-refractivity contribution in [2.24, 2.45) is 14.1 Å². The average molecular weight is 521 g/mol. The summed E-state index contributed by atoms with van der Waals surface area (Å²) in [6, 6.07) is 5.45. The number of nitro benzene ring substituents is 4. The van der Waals surface area contributed by atoms with Crippen LogP contribution in [-0.4, -0.2) is 28.8 Å². The third-order valence-electron chi connectivity index (χ3n) is 5.94. The van der Waals surface area contributed by atoms with Crippen molar-refractivity contribution < 1.29 is 19.7 Å². The zero-order valence-electron chi connectivity index (χ0n) is 19.1. The summed E-state index contributed by atoms with van der Waals surface area (Å²) in [5.74, 6) is 0. The number of hydrogen-bond acceptors (Lipinski definition) is 11. The molecule has 4 rings (SSSR count). The smallest absolute Gasteiger partial charge is 0.300 e. The molecule has 0 saturated heterocycles. The van der Waals surface area contributed by atoms with Crippen LogP contribution in [0.1, 0.15) is 5.56 Å². The van der Waals surface area contributed by atoms with Gasteiger partial charge >= 0.3 is 5.69 Å². The highest BCUT2D eigenvalue weighted by atomic mass is 16.6. The molecule has 2 aromatic carbocycles. The highest BCUT2D eigenvalue weighted by molar-refractivity contribution is 6.05. The lowest BCUT2D eigenvalue weighted by Crippen LogP contribution is -2.24. The number of benzene rings is 2. The first kappa shape index (κ1) is 25.1. The topological polar surface area (TPSA) is 240 Å². The Morgan fingerprint density at radius 2 is 1.18 bits per heavy atom. The van der Waals surface area contributed by atoms with Crippen LogP contribution < -0.4 is 11.1 Å². The van der Waals surface area contributed by atoms with Crippen molar-refractivity contribution in [1.29, 1.82) is 5.26 Å². The summed E-state index contributed by atoms with van der Waals surface area (Å²) in [4.78, 5) is 68.9. The lowest BCUT2D eigenvalue weighted by atomic mass is 9.94. The summed E-state index contributed by atoms with van der Waals surface area (Å²) in [5.41, 5.74) is -7.63. The van der Waals surface area contributed by atoms with Gasteiger partial charge in [-0.15, -0.1) is 0 Å². The van der Waals surface area contributed by atoms with Crippen LogP contribution in [0.5, 0.6) is 0 Å². The van der Waals surface area contributed by atoms with Gasteiger partial charge in [-0.3, -0.25) is 50.0 Å². The fourth-order valence-electron chi connectivity index (χ4n) is 4.29. The quantitative estimate of drug-likeness (QED) is 0.273. The van der Waals surface area contributed by atoms with E-state index in [2.05, 4.69) is 0 Å². The molecule has 0 aliphatic rings. The number of nitrogens with zero attached hydrogens (tertiary/aromatic N) is 7. The second-order valence-corrected chi connectivity index (χ2v) is 7.93. The minimum atomic E-state index is -1.07. The molecule has 0 aliphatic heterocycles. The Morgan fingerprint density at radius 3 is 1.63 bits per heavy atom. The van der Waals surface area contributed by atoms with Gasteiger partial charge in [0.05, 0.1) is 43.0 Å². The van der Waals surface area contributed by atoms with Gasteiger partial charge in [0.25, 0.3) is 28.2 Å². The first-order valence-corrected chi connectivity index (χ1v) is 10.2. The van der Waals surface area contributed by atoms with E-state index in [1.54, 1.807) is 6.07 Å². The van der Waals surface area contributed by atoms with Crippen molar-refractivity contribution in [1.82, 2.24) is 9.13 Å². The molecule has 0 fully saturated rings. The van der Waals surface area contributed by atoms with Gasteiger partial charge in [-0.1, -0.05) is 0 Å². The highest BCUT2D eigenvalue weighted by Gasteiger charge is 2.30. The number of fused-ring (bicyclic) bond motifs is 2. The maximum atomic E-state index is 13.5. The SMILES string of the molecule is Cn1c(=O)cc(-c2c(C#N)c3cc([N+](=O)[O-])cc([N+](=O)[O-])c3n(C)c2=O)c2cc([N+](=O)[O-])cc([N+](=O)[O-])c21. The van der Waals surface area contributed by atoms with Gasteiger partial charge in [0, 0.05) is 48.6 Å². The van der Waals surface area contributed by atoms with Crippen LogP contribution in [0, 0.1) is 51.8 Å². The minimum Gasteiger partial charge on any atom is -0.305 e. The average Bonchev–Trinajstić information content (AvgIpc) is 2.86. The summed E-state index contributed by atoms with van der Waals surface area (Å²) in [6.07, 6.45) is 0. The van der Waals surface area contributed by atoms with Crippen molar-refractivity contribution in [3.8, 4) is 17.2 Å². The molecular weight excluding hydrogens is 510 g/mol. The Balaban J connectivity index is 2.36. The third-order valence-corrected chi connectivity index (χ3v) is 5.94. The largest absolute Gasteiger partial charge is 0.305 e. The van der Waals surface area contributed by atoms with Crippen LogP contribution in [0.15, 0.2) is 39.9 Å². The Bertz CT molecular complexity index is 1970. The Kier molecular flexibility index (Phi) is 5.64. The second kappa shape index (κ2) is 8.56. The van der Waals surface area contributed by atoms with Crippen molar-refractivity contribution in [3.63, 3.8) is 0 Å². The van der Waals surface area contributed by atoms with E-state index in [1.807, 2.05) is 0 Å². The van der Waals surface area contributed by atoms with Gasteiger partial charge < -0.3 is 9.13 Å². The Labute approximate surface area is 207 Å². The van der Waals surface area contributed by atoms with Crippen molar-refractivity contribution in [3.05, 3.63) is 97.1 Å². The fraction of sp³-hybridized carbons (Fsp3) is 0.0952. The van der Waals surface area contributed by atoms with Crippen molar-refractivity contribution in [2.45, 2.75) is 0 Å². The number of non-ortho nitro benzene ring substituents is 4. The first-order valence-electron chi connectivity index (χ1n) is 10.2. The summed E-state index contributed by atoms with van der Waals surface area (Å²) < 4.78 is 1.57. The van der Waals surface area contributed by atoms with Gasteiger partial charge in [0.15, 0.2) is 0 Å². The van der Waals surface area contributed by atoms with E-state index in [-0.39, 0.29) is 10.8 Å². The number of pyridine rings is 2. The summed E-state index contributed by atoms with van der Waals surface area (Å²) in [6.45, 7) is 0. The van der Waals surface area contributed by atoms with E-state index in [9.17, 15) is 55.3 Å². The minimum absolute atomic E-state index is 0.319. The van der Waals surface area contributed by atoms with Crippen LogP contribution >= 0.6 is 0 Å². The van der Waals surface area contributed by atoms with Crippen LogP contribution in [-0.2, 0) is 14.1 Å². The van der Waals surface area contributed by atoms with Gasteiger partial charge in [-0.05, 0) is 0 Å². The number of aryl methyl sites for hydroxylation is 2. The summed E-state index contributed by atoms with van der Waals surface area (Å²) in [5, 5.41) is 55.7. The second-order valence-electron chi connectivity index (χ2n) is 7.93. The highest BCUT2D eigenvalue weighted by Crippen LogP contribution is 2.39. The molecule has 190 valence electrons. The lowest BCUT2D eigenvalue weighted by Gasteiger charge is -2.15. The third kappa shape index (κ3) is 3.56. The molecule has 38 heavy (non-hydrogen) atoms. The molecule has 0 saturated carbocycles. The van der Waals surface area contributed by atoms with Gasteiger partial charge in [-0.25, -0.2) is 0 Å². The maximum Gasteiger partial charge on any atom is 0.300 e. The molecule has 0 radical (unpaired) electrons. The fourth-order valence-corrected chi connectivity index (χ4v) is 4.29. The van der Waals surface area contributed by atoms with E-state index in [0.29, 0.717) is 12.1 Å². The predicted molar refractivity (Wildman–Crippen MR) is 129 cm³/mol. The van der Waals surface area contributed by atoms with E-state index < -0.39 is 81.3 Å². The molecule has 4 aromatic rings. The Hall–Kier alpha value is -6.05. The van der Waals surface area contributed by atoms with Crippen LogP contribution in [0.2, 0.25) is 0 Å². The summed E-state index contributed by atoms with van der Waals surface area (Å²) in [7, 11) is 2.24.